The van der Waals surface area contributed by atoms with Gasteiger partial charge in [0.25, 0.3) is 0 Å². The molecule has 2 unspecified atom stereocenters. The third-order valence-corrected chi connectivity index (χ3v) is 3.71. The van der Waals surface area contributed by atoms with Crippen molar-refractivity contribution in [1.29, 1.82) is 0 Å². The Labute approximate surface area is 125 Å². The normalized spacial score (nSPS) is 22.3. The second-order valence-corrected chi connectivity index (χ2v) is 5.34. The van der Waals surface area contributed by atoms with Gasteiger partial charge in [0.2, 0.25) is 11.8 Å². The highest BCUT2D eigenvalue weighted by Crippen LogP contribution is 2.18. The number of rotatable bonds is 5. The van der Waals surface area contributed by atoms with Crippen LogP contribution in [-0.2, 0) is 16.1 Å². The zero-order valence-corrected chi connectivity index (χ0v) is 12.8. The summed E-state index contributed by atoms with van der Waals surface area (Å²) in [5.74, 6) is 0.584. The van der Waals surface area contributed by atoms with Crippen molar-refractivity contribution in [2.45, 2.75) is 58.7 Å². The standard InChI is InChI=1S/C15H22N4O2/c1-4-6-12-15(21)19(13(5-2)14(20)18-12)9-11-7-8-16-10(3)17-11/h7-8,12-13H,4-6,9H2,1-3H3,(H,18,20). The quantitative estimate of drug-likeness (QED) is 0.884. The Morgan fingerprint density at radius 1 is 1.33 bits per heavy atom. The van der Waals surface area contributed by atoms with E-state index in [1.54, 1.807) is 17.2 Å². The van der Waals surface area contributed by atoms with Crippen LogP contribution in [-0.4, -0.2) is 38.8 Å². The first-order chi connectivity index (χ1) is 10.1. The number of carbonyl (C=O) groups excluding carboxylic acids is 2. The lowest BCUT2D eigenvalue weighted by Gasteiger charge is -2.38. The van der Waals surface area contributed by atoms with Gasteiger partial charge in [-0.3, -0.25) is 9.59 Å². The van der Waals surface area contributed by atoms with E-state index in [9.17, 15) is 9.59 Å². The van der Waals surface area contributed by atoms with E-state index < -0.39 is 12.1 Å². The Kier molecular flexibility index (Phi) is 4.88. The third kappa shape index (κ3) is 3.37. The molecule has 1 aromatic heterocycles. The van der Waals surface area contributed by atoms with Crippen molar-refractivity contribution in [3.05, 3.63) is 23.8 Å². The second kappa shape index (κ2) is 6.65. The molecule has 0 aromatic carbocycles. The topological polar surface area (TPSA) is 75.2 Å². The van der Waals surface area contributed by atoms with Gasteiger partial charge in [0.15, 0.2) is 0 Å². The molecule has 2 heterocycles. The maximum atomic E-state index is 12.6. The van der Waals surface area contributed by atoms with Crippen LogP contribution in [0, 0.1) is 6.92 Å². The molecular weight excluding hydrogens is 268 g/mol. The minimum atomic E-state index is -0.416. The minimum absolute atomic E-state index is 0.0143. The van der Waals surface area contributed by atoms with E-state index in [2.05, 4.69) is 15.3 Å². The molecule has 6 heteroatoms. The molecule has 2 rings (SSSR count). The number of hydrogen-bond acceptors (Lipinski definition) is 4. The minimum Gasteiger partial charge on any atom is -0.343 e. The Balaban J connectivity index is 2.23. The predicted molar refractivity (Wildman–Crippen MR) is 78.2 cm³/mol. The Hall–Kier alpha value is -1.98. The van der Waals surface area contributed by atoms with Crippen LogP contribution in [0.15, 0.2) is 12.3 Å². The monoisotopic (exact) mass is 290 g/mol. The van der Waals surface area contributed by atoms with E-state index in [1.807, 2.05) is 20.8 Å². The number of piperazine rings is 1. The van der Waals surface area contributed by atoms with Crippen LogP contribution in [0.5, 0.6) is 0 Å². The number of aryl methyl sites for hydroxylation is 1. The Morgan fingerprint density at radius 3 is 2.71 bits per heavy atom. The first kappa shape index (κ1) is 15.4. The van der Waals surface area contributed by atoms with Gasteiger partial charge in [0.1, 0.15) is 17.9 Å². The zero-order valence-electron chi connectivity index (χ0n) is 12.8. The molecular formula is C15H22N4O2. The molecule has 1 aliphatic rings. The lowest BCUT2D eigenvalue weighted by molar-refractivity contribution is -0.150. The van der Waals surface area contributed by atoms with Crippen LogP contribution >= 0.6 is 0 Å². The van der Waals surface area contributed by atoms with Gasteiger partial charge in [-0.1, -0.05) is 20.3 Å². The molecule has 21 heavy (non-hydrogen) atoms. The number of amides is 2. The molecule has 6 nitrogen and oxygen atoms in total. The summed E-state index contributed by atoms with van der Waals surface area (Å²) in [6, 6.07) is 0.961. The van der Waals surface area contributed by atoms with Crippen LogP contribution in [0.25, 0.3) is 0 Å². The van der Waals surface area contributed by atoms with E-state index in [0.29, 0.717) is 25.2 Å². The van der Waals surface area contributed by atoms with Crippen molar-refractivity contribution in [2.75, 3.05) is 0 Å². The average Bonchev–Trinajstić information content (AvgIpc) is 2.45. The van der Waals surface area contributed by atoms with Crippen molar-refractivity contribution in [3.63, 3.8) is 0 Å². The average molecular weight is 290 g/mol. The fourth-order valence-electron chi connectivity index (χ4n) is 2.67. The first-order valence-electron chi connectivity index (χ1n) is 7.46. The van der Waals surface area contributed by atoms with E-state index in [1.165, 1.54) is 0 Å². The molecule has 1 aromatic rings. The van der Waals surface area contributed by atoms with Gasteiger partial charge in [-0.2, -0.15) is 0 Å². The molecule has 1 saturated heterocycles. The summed E-state index contributed by atoms with van der Waals surface area (Å²) in [4.78, 5) is 34.8. The first-order valence-corrected chi connectivity index (χ1v) is 7.46. The molecule has 1 fully saturated rings. The van der Waals surface area contributed by atoms with E-state index in [0.717, 1.165) is 12.1 Å². The van der Waals surface area contributed by atoms with Gasteiger partial charge in [-0.15, -0.1) is 0 Å². The van der Waals surface area contributed by atoms with Crippen LogP contribution < -0.4 is 5.32 Å². The van der Waals surface area contributed by atoms with Crippen molar-refractivity contribution in [1.82, 2.24) is 20.2 Å². The van der Waals surface area contributed by atoms with Crippen LogP contribution in [0.2, 0.25) is 0 Å². The number of hydrogen-bond donors (Lipinski definition) is 1. The maximum Gasteiger partial charge on any atom is 0.246 e. The molecule has 2 atom stereocenters. The molecule has 0 aliphatic carbocycles. The maximum absolute atomic E-state index is 12.6. The van der Waals surface area contributed by atoms with Crippen molar-refractivity contribution >= 4 is 11.8 Å². The number of carbonyl (C=O) groups is 2. The predicted octanol–water partition coefficient (Wildman–Crippen LogP) is 1.19. The van der Waals surface area contributed by atoms with Crippen LogP contribution in [0.3, 0.4) is 0 Å². The lowest BCUT2D eigenvalue weighted by Crippen LogP contribution is -2.62. The summed E-state index contributed by atoms with van der Waals surface area (Å²) < 4.78 is 0. The van der Waals surface area contributed by atoms with Gasteiger partial charge in [0.05, 0.1) is 12.2 Å². The summed E-state index contributed by atoms with van der Waals surface area (Å²) in [6.45, 7) is 6.08. The van der Waals surface area contributed by atoms with Gasteiger partial charge < -0.3 is 10.2 Å². The van der Waals surface area contributed by atoms with Gasteiger partial charge in [0, 0.05) is 6.20 Å². The van der Waals surface area contributed by atoms with Crippen LogP contribution in [0.1, 0.15) is 44.6 Å². The SMILES string of the molecule is CCCC1NC(=O)C(CC)N(Cc2ccnc(C)n2)C1=O. The molecule has 1 aliphatic heterocycles. The highest BCUT2D eigenvalue weighted by molar-refractivity contribution is 5.96. The van der Waals surface area contributed by atoms with Gasteiger partial charge >= 0.3 is 0 Å². The Bertz CT molecular complexity index is 532. The van der Waals surface area contributed by atoms with E-state index in [-0.39, 0.29) is 11.8 Å². The molecule has 0 radical (unpaired) electrons. The zero-order chi connectivity index (χ0) is 15.4. The fraction of sp³-hybridized carbons (Fsp3) is 0.600. The highest BCUT2D eigenvalue weighted by Gasteiger charge is 2.39. The fourth-order valence-corrected chi connectivity index (χ4v) is 2.67. The molecule has 0 spiro atoms. The summed E-state index contributed by atoms with van der Waals surface area (Å²) in [6.07, 6.45) is 3.80. The number of nitrogens with one attached hydrogen (secondary N) is 1. The summed E-state index contributed by atoms with van der Waals surface area (Å²) in [7, 11) is 0. The summed E-state index contributed by atoms with van der Waals surface area (Å²) >= 11 is 0. The molecule has 1 N–H and O–H groups in total. The smallest absolute Gasteiger partial charge is 0.246 e. The summed E-state index contributed by atoms with van der Waals surface area (Å²) in [5, 5.41) is 2.83. The largest absolute Gasteiger partial charge is 0.343 e. The van der Waals surface area contributed by atoms with Gasteiger partial charge in [-0.05, 0) is 25.8 Å². The molecule has 2 amide bonds. The van der Waals surface area contributed by atoms with Crippen molar-refractivity contribution in [2.24, 2.45) is 0 Å². The Morgan fingerprint density at radius 2 is 2.10 bits per heavy atom. The van der Waals surface area contributed by atoms with Crippen LogP contribution in [0.4, 0.5) is 0 Å². The lowest BCUT2D eigenvalue weighted by atomic mass is 10.0. The molecule has 0 bridgehead atoms. The number of aromatic nitrogens is 2. The molecule has 114 valence electrons. The third-order valence-electron chi connectivity index (χ3n) is 3.71. The second-order valence-electron chi connectivity index (χ2n) is 5.34. The summed E-state index contributed by atoms with van der Waals surface area (Å²) in [5.41, 5.74) is 0.763. The van der Waals surface area contributed by atoms with E-state index in [4.69, 9.17) is 0 Å². The molecule has 0 saturated carbocycles. The van der Waals surface area contributed by atoms with Crippen molar-refractivity contribution in [3.8, 4) is 0 Å². The number of nitrogens with zero attached hydrogens (tertiary/aromatic N) is 3. The van der Waals surface area contributed by atoms with E-state index >= 15 is 0 Å². The highest BCUT2D eigenvalue weighted by atomic mass is 16.2. The van der Waals surface area contributed by atoms with Gasteiger partial charge in [-0.25, -0.2) is 9.97 Å². The van der Waals surface area contributed by atoms with Crippen molar-refractivity contribution < 1.29 is 9.59 Å².